The van der Waals surface area contributed by atoms with Gasteiger partial charge >= 0.3 is 11.1 Å². The lowest BCUT2D eigenvalue weighted by molar-refractivity contribution is -0.243. The van der Waals surface area contributed by atoms with Gasteiger partial charge in [-0.1, -0.05) is 55.8 Å². The molecule has 4 aromatic rings. The van der Waals surface area contributed by atoms with Crippen LogP contribution in [-0.4, -0.2) is 49.2 Å². The number of nitrogens with zero attached hydrogens (tertiary/aromatic N) is 4. The van der Waals surface area contributed by atoms with Crippen molar-refractivity contribution in [2.24, 2.45) is 0 Å². The van der Waals surface area contributed by atoms with Gasteiger partial charge in [-0.15, -0.1) is 0 Å². The molecule has 1 fully saturated rings. The minimum Gasteiger partial charge on any atom is -0.356 e. The lowest BCUT2D eigenvalue weighted by Crippen LogP contribution is -2.48. The maximum Gasteiger partial charge on any atom is 0.322 e. The van der Waals surface area contributed by atoms with E-state index in [-0.39, 0.29) is 28.0 Å². The second-order valence-corrected chi connectivity index (χ2v) is 12.3. The molecular formula is C33H38ClFN4O4. The smallest absolute Gasteiger partial charge is 0.322 e. The molecule has 0 bridgehead atoms. The van der Waals surface area contributed by atoms with Gasteiger partial charge in [-0.2, -0.15) is 0 Å². The Balaban J connectivity index is 1.74. The molecule has 3 heterocycles. The zero-order valence-electron chi connectivity index (χ0n) is 25.2. The number of rotatable bonds is 7. The van der Waals surface area contributed by atoms with Crippen LogP contribution in [0.3, 0.4) is 0 Å². The zero-order chi connectivity index (χ0) is 31.1. The Morgan fingerprint density at radius 3 is 2.23 bits per heavy atom. The number of likely N-dealkylation sites (tertiary alicyclic amines) is 1. The molecule has 43 heavy (non-hydrogen) atoms. The maximum atomic E-state index is 15.0. The van der Waals surface area contributed by atoms with E-state index in [1.54, 1.807) is 24.3 Å². The number of piperidine rings is 1. The summed E-state index contributed by atoms with van der Waals surface area (Å²) >= 11 is 6.76. The number of aryl methyl sites for hydroxylation is 2. The van der Waals surface area contributed by atoms with Crippen molar-refractivity contribution in [2.45, 2.75) is 78.4 Å². The van der Waals surface area contributed by atoms with E-state index in [0.29, 0.717) is 50.0 Å². The van der Waals surface area contributed by atoms with Gasteiger partial charge in [0.1, 0.15) is 5.82 Å². The SMILES string of the molecule is CCc1cccc(CC)c1-n1c(=O)c(=O)n(C2CCN(C(O)OC(C)(C)C)CC2)c2cc(Cl)c(-c3ccccc3F)nc21. The van der Waals surface area contributed by atoms with E-state index in [4.69, 9.17) is 21.3 Å². The minimum atomic E-state index is -1.08. The van der Waals surface area contributed by atoms with Crippen molar-refractivity contribution in [3.8, 4) is 16.9 Å². The molecular weight excluding hydrogens is 571 g/mol. The van der Waals surface area contributed by atoms with E-state index >= 15 is 0 Å². The second-order valence-electron chi connectivity index (χ2n) is 11.9. The molecule has 10 heteroatoms. The summed E-state index contributed by atoms with van der Waals surface area (Å²) in [6, 6.07) is 13.3. The van der Waals surface area contributed by atoms with Gasteiger partial charge in [-0.05, 0) is 75.8 Å². The molecule has 0 amide bonds. The van der Waals surface area contributed by atoms with Crippen LogP contribution in [0.15, 0.2) is 58.1 Å². The fourth-order valence-corrected chi connectivity index (χ4v) is 6.13. The molecule has 2 aromatic heterocycles. The summed E-state index contributed by atoms with van der Waals surface area (Å²) in [4.78, 5) is 34.8. The summed E-state index contributed by atoms with van der Waals surface area (Å²) in [7, 11) is 0. The first-order valence-corrected chi connectivity index (χ1v) is 15.2. The maximum absolute atomic E-state index is 15.0. The van der Waals surface area contributed by atoms with Crippen LogP contribution in [0.1, 0.15) is 64.6 Å². The highest BCUT2D eigenvalue weighted by Gasteiger charge is 2.31. The summed E-state index contributed by atoms with van der Waals surface area (Å²) in [6.07, 6.45) is 1.15. The first-order valence-electron chi connectivity index (χ1n) is 14.8. The van der Waals surface area contributed by atoms with Gasteiger partial charge in [-0.25, -0.2) is 9.37 Å². The molecule has 5 rings (SSSR count). The Kier molecular flexibility index (Phi) is 8.90. The first-order chi connectivity index (χ1) is 20.4. The average Bonchev–Trinajstić information content (AvgIpc) is 2.97. The average molecular weight is 609 g/mol. The first kappa shape index (κ1) is 31.1. The number of benzene rings is 2. The highest BCUT2D eigenvalue weighted by molar-refractivity contribution is 6.33. The van der Waals surface area contributed by atoms with Crippen molar-refractivity contribution in [1.29, 1.82) is 0 Å². The highest BCUT2D eigenvalue weighted by Crippen LogP contribution is 2.34. The van der Waals surface area contributed by atoms with E-state index in [1.807, 2.05) is 57.7 Å². The lowest BCUT2D eigenvalue weighted by Gasteiger charge is -2.37. The molecule has 228 valence electrons. The number of hydrogen-bond acceptors (Lipinski definition) is 6. The molecule has 1 aliphatic rings. The summed E-state index contributed by atoms with van der Waals surface area (Å²) < 4.78 is 23.6. The molecule has 1 unspecified atom stereocenters. The van der Waals surface area contributed by atoms with Gasteiger partial charge in [0, 0.05) is 24.7 Å². The van der Waals surface area contributed by atoms with Crippen LogP contribution >= 0.6 is 11.6 Å². The van der Waals surface area contributed by atoms with Crippen LogP contribution in [0, 0.1) is 5.82 Å². The van der Waals surface area contributed by atoms with Crippen LogP contribution in [0.5, 0.6) is 0 Å². The Hall–Kier alpha value is -3.37. The third kappa shape index (κ3) is 6.04. The number of ether oxygens (including phenoxy) is 1. The molecule has 0 saturated carbocycles. The third-order valence-electron chi connectivity index (χ3n) is 7.97. The fourth-order valence-electron chi connectivity index (χ4n) is 5.89. The molecule has 1 N–H and O–H groups in total. The third-order valence-corrected chi connectivity index (χ3v) is 8.25. The fraction of sp³-hybridized carbons (Fsp3) is 0.424. The molecule has 1 saturated heterocycles. The number of para-hydroxylation sites is 1. The molecule has 8 nitrogen and oxygen atoms in total. The molecule has 1 aliphatic heterocycles. The van der Waals surface area contributed by atoms with Crippen LogP contribution in [0.25, 0.3) is 28.1 Å². The number of aromatic nitrogens is 3. The Labute approximate surface area is 255 Å². The van der Waals surface area contributed by atoms with E-state index < -0.39 is 29.0 Å². The standard InChI is InChI=1S/C33H38ClFN4O4/c1-6-20-11-10-12-21(7-2)28(20)39-29-26(19-24(34)27(36-29)23-13-8-9-14-25(23)35)38(30(40)31(39)41)22-15-17-37(18-16-22)32(42)43-33(3,4)5/h8-14,19,22,32,42H,6-7,15-18H2,1-5H3. The summed E-state index contributed by atoms with van der Waals surface area (Å²) in [5.41, 5.74) is 1.50. The number of aliphatic hydroxyl groups is 1. The monoisotopic (exact) mass is 608 g/mol. The van der Waals surface area contributed by atoms with Gasteiger partial charge < -0.3 is 9.84 Å². The Morgan fingerprint density at radius 1 is 1.02 bits per heavy atom. The van der Waals surface area contributed by atoms with E-state index in [2.05, 4.69) is 0 Å². The van der Waals surface area contributed by atoms with Crippen molar-refractivity contribution >= 4 is 22.8 Å². The van der Waals surface area contributed by atoms with Gasteiger partial charge in [0.15, 0.2) is 5.65 Å². The number of fused-ring (bicyclic) bond motifs is 1. The Bertz CT molecular complexity index is 1750. The highest BCUT2D eigenvalue weighted by atomic mass is 35.5. The summed E-state index contributed by atoms with van der Waals surface area (Å²) in [5.74, 6) is -0.495. The minimum absolute atomic E-state index is 0.168. The predicted octanol–water partition coefficient (Wildman–Crippen LogP) is 5.86. The van der Waals surface area contributed by atoms with Crippen molar-refractivity contribution in [1.82, 2.24) is 19.0 Å². The van der Waals surface area contributed by atoms with E-state index in [0.717, 1.165) is 11.1 Å². The van der Waals surface area contributed by atoms with Crippen molar-refractivity contribution in [3.63, 3.8) is 0 Å². The predicted molar refractivity (Wildman–Crippen MR) is 167 cm³/mol. The van der Waals surface area contributed by atoms with Gasteiger partial charge in [-0.3, -0.25) is 23.6 Å². The van der Waals surface area contributed by atoms with Gasteiger partial charge in [0.2, 0.25) is 6.41 Å². The van der Waals surface area contributed by atoms with E-state index in [9.17, 15) is 19.1 Å². The topological polar surface area (TPSA) is 89.6 Å². The second kappa shape index (κ2) is 12.3. The quantitative estimate of drug-likeness (QED) is 0.209. The normalized spacial score (nSPS) is 15.7. The number of pyridine rings is 1. The zero-order valence-corrected chi connectivity index (χ0v) is 26.0. The van der Waals surface area contributed by atoms with E-state index in [1.165, 1.54) is 15.2 Å². The number of halogens is 2. The van der Waals surface area contributed by atoms with Crippen LogP contribution in [-0.2, 0) is 17.6 Å². The van der Waals surface area contributed by atoms with Crippen LogP contribution < -0.4 is 11.1 Å². The van der Waals surface area contributed by atoms with Gasteiger partial charge in [0.25, 0.3) is 0 Å². The van der Waals surface area contributed by atoms with Crippen LogP contribution in [0.2, 0.25) is 5.02 Å². The molecule has 0 aliphatic carbocycles. The molecule has 0 radical (unpaired) electrons. The molecule has 1 atom stereocenters. The Morgan fingerprint density at radius 2 is 1.65 bits per heavy atom. The van der Waals surface area contributed by atoms with Crippen molar-refractivity contribution in [2.75, 3.05) is 13.1 Å². The largest absolute Gasteiger partial charge is 0.356 e. The van der Waals surface area contributed by atoms with Crippen molar-refractivity contribution < 1.29 is 14.2 Å². The molecule has 0 spiro atoms. The van der Waals surface area contributed by atoms with Crippen molar-refractivity contribution in [3.05, 3.63) is 91.2 Å². The molecule has 2 aromatic carbocycles. The number of hydrogen-bond donors (Lipinski definition) is 1. The van der Waals surface area contributed by atoms with Gasteiger partial charge in [0.05, 0.1) is 27.5 Å². The lowest BCUT2D eigenvalue weighted by atomic mass is 10.0. The summed E-state index contributed by atoms with van der Waals surface area (Å²) in [5, 5.41) is 10.8. The number of aliphatic hydroxyl groups excluding tert-OH is 1. The van der Waals surface area contributed by atoms with Crippen LogP contribution in [0.4, 0.5) is 4.39 Å². The summed E-state index contributed by atoms with van der Waals surface area (Å²) in [6.45, 7) is 10.5.